The highest BCUT2D eigenvalue weighted by Gasteiger charge is 2.28. The van der Waals surface area contributed by atoms with E-state index < -0.39 is 16.1 Å². The van der Waals surface area contributed by atoms with Gasteiger partial charge in [0.25, 0.3) is 0 Å². The van der Waals surface area contributed by atoms with Gasteiger partial charge in [0, 0.05) is 18.7 Å². The Bertz CT molecular complexity index is 1040. The molecule has 0 unspecified atom stereocenters. The number of sulfonamides is 1. The molecule has 2 aromatic rings. The maximum atomic E-state index is 12.7. The topological polar surface area (TPSA) is 86.8 Å². The molecule has 1 aliphatic heterocycles. The zero-order valence-corrected chi connectivity index (χ0v) is 17.8. The van der Waals surface area contributed by atoms with Crippen LogP contribution in [0.1, 0.15) is 32.8 Å². The van der Waals surface area contributed by atoms with Gasteiger partial charge in [-0.05, 0) is 41.3 Å². The predicted octanol–water partition coefficient (Wildman–Crippen LogP) is 3.53. The summed E-state index contributed by atoms with van der Waals surface area (Å²) in [5.41, 5.74) is 2.07. The van der Waals surface area contributed by atoms with Crippen LogP contribution < -0.4 is 14.5 Å². The van der Waals surface area contributed by atoms with Gasteiger partial charge >= 0.3 is 6.03 Å². The minimum absolute atomic E-state index is 0.190. The summed E-state index contributed by atoms with van der Waals surface area (Å²) in [7, 11) is -3.64. The molecule has 1 aliphatic rings. The number of para-hydroxylation sites is 1. The molecule has 1 heterocycles. The molecule has 0 atom stereocenters. The number of imide groups is 1. The first kappa shape index (κ1) is 20.9. The maximum Gasteiger partial charge on any atom is 0.328 e. The van der Waals surface area contributed by atoms with Gasteiger partial charge in [-0.2, -0.15) is 0 Å². The van der Waals surface area contributed by atoms with E-state index in [0.29, 0.717) is 17.1 Å². The molecule has 0 aliphatic carbocycles. The third-order valence-corrected chi connectivity index (χ3v) is 5.78. The van der Waals surface area contributed by atoms with E-state index in [-0.39, 0.29) is 24.3 Å². The molecule has 0 saturated carbocycles. The second-order valence-corrected chi connectivity index (χ2v) is 9.94. The molecule has 1 fully saturated rings. The van der Waals surface area contributed by atoms with Crippen LogP contribution in [-0.2, 0) is 20.2 Å². The van der Waals surface area contributed by atoms with E-state index in [1.54, 1.807) is 30.3 Å². The van der Waals surface area contributed by atoms with Crippen molar-refractivity contribution in [3.05, 3.63) is 54.1 Å². The van der Waals surface area contributed by atoms with Crippen molar-refractivity contribution in [3.8, 4) is 0 Å². The first-order valence-corrected chi connectivity index (χ1v) is 11.1. The lowest BCUT2D eigenvalue weighted by atomic mass is 9.86. The molecule has 2 aromatic carbocycles. The highest BCUT2D eigenvalue weighted by molar-refractivity contribution is 7.92. The van der Waals surface area contributed by atoms with Crippen LogP contribution in [0.5, 0.6) is 0 Å². The van der Waals surface area contributed by atoms with Crippen LogP contribution in [0.25, 0.3) is 0 Å². The quantitative estimate of drug-likeness (QED) is 0.828. The van der Waals surface area contributed by atoms with Crippen LogP contribution in [0.4, 0.5) is 21.9 Å². The van der Waals surface area contributed by atoms with Crippen LogP contribution in [0.3, 0.4) is 0 Å². The largest absolute Gasteiger partial charge is 0.328 e. The van der Waals surface area contributed by atoms with Crippen molar-refractivity contribution < 1.29 is 18.0 Å². The van der Waals surface area contributed by atoms with Gasteiger partial charge in [-0.15, -0.1) is 0 Å². The third-order valence-electron chi connectivity index (χ3n) is 4.69. The van der Waals surface area contributed by atoms with E-state index in [9.17, 15) is 18.0 Å². The van der Waals surface area contributed by atoms with Gasteiger partial charge in [0.2, 0.25) is 15.9 Å². The summed E-state index contributed by atoms with van der Waals surface area (Å²) in [5.74, 6) is -0.319. The summed E-state index contributed by atoms with van der Waals surface area (Å²) in [6, 6.07) is 13.6. The molecule has 0 bridgehead atoms. The van der Waals surface area contributed by atoms with Crippen molar-refractivity contribution in [3.63, 3.8) is 0 Å². The average Bonchev–Trinajstić information content (AvgIpc) is 2.60. The lowest BCUT2D eigenvalue weighted by Crippen LogP contribution is -2.49. The minimum Gasteiger partial charge on any atom is -0.294 e. The molecule has 154 valence electrons. The van der Waals surface area contributed by atoms with Crippen molar-refractivity contribution in [2.45, 2.75) is 32.6 Å². The van der Waals surface area contributed by atoms with Crippen molar-refractivity contribution >= 4 is 39.0 Å². The van der Waals surface area contributed by atoms with Crippen LogP contribution in [-0.4, -0.2) is 33.2 Å². The third kappa shape index (κ3) is 4.59. The Kier molecular flexibility index (Phi) is 5.40. The van der Waals surface area contributed by atoms with Crippen molar-refractivity contribution in [2.24, 2.45) is 0 Å². The van der Waals surface area contributed by atoms with Crippen LogP contribution in [0, 0.1) is 0 Å². The SMILES string of the molecule is CC(C)(C)c1cc(N2CCC(=O)NC2=O)cc(N(c2ccccc2)S(C)(=O)=O)c1. The second kappa shape index (κ2) is 7.51. The van der Waals surface area contributed by atoms with E-state index in [0.717, 1.165) is 11.8 Å². The number of anilines is 3. The zero-order valence-electron chi connectivity index (χ0n) is 17.0. The number of nitrogens with one attached hydrogen (secondary N) is 1. The zero-order chi connectivity index (χ0) is 21.4. The maximum absolute atomic E-state index is 12.7. The highest BCUT2D eigenvalue weighted by Crippen LogP contribution is 2.36. The monoisotopic (exact) mass is 415 g/mol. The van der Waals surface area contributed by atoms with Crippen LogP contribution in [0.15, 0.2) is 48.5 Å². The van der Waals surface area contributed by atoms with E-state index in [1.165, 1.54) is 9.21 Å². The van der Waals surface area contributed by atoms with Gasteiger partial charge in [-0.25, -0.2) is 17.5 Å². The number of carbonyl (C=O) groups excluding carboxylic acids is 2. The fourth-order valence-corrected chi connectivity index (χ4v) is 4.20. The molecule has 1 N–H and O–H groups in total. The second-order valence-electron chi connectivity index (χ2n) is 8.11. The first-order valence-electron chi connectivity index (χ1n) is 9.29. The van der Waals surface area contributed by atoms with Crippen molar-refractivity contribution in [1.82, 2.24) is 5.32 Å². The summed E-state index contributed by atoms with van der Waals surface area (Å²) < 4.78 is 26.6. The molecule has 29 heavy (non-hydrogen) atoms. The number of benzene rings is 2. The number of amides is 3. The van der Waals surface area contributed by atoms with Crippen molar-refractivity contribution in [2.75, 3.05) is 22.0 Å². The first-order chi connectivity index (χ1) is 13.5. The summed E-state index contributed by atoms with van der Waals surface area (Å²) in [4.78, 5) is 25.4. The normalized spacial score (nSPS) is 15.2. The van der Waals surface area contributed by atoms with E-state index in [4.69, 9.17) is 0 Å². The molecule has 7 nitrogen and oxygen atoms in total. The number of carbonyl (C=O) groups is 2. The Morgan fingerprint density at radius 3 is 2.21 bits per heavy atom. The predicted molar refractivity (Wildman–Crippen MR) is 114 cm³/mol. The average molecular weight is 416 g/mol. The number of hydrogen-bond donors (Lipinski definition) is 1. The summed E-state index contributed by atoms with van der Waals surface area (Å²) in [6.07, 6.45) is 1.34. The lowest BCUT2D eigenvalue weighted by molar-refractivity contribution is -0.120. The van der Waals surface area contributed by atoms with Crippen LogP contribution >= 0.6 is 0 Å². The highest BCUT2D eigenvalue weighted by atomic mass is 32.2. The Morgan fingerprint density at radius 1 is 1.00 bits per heavy atom. The van der Waals surface area contributed by atoms with E-state index in [1.807, 2.05) is 39.0 Å². The number of hydrogen-bond acceptors (Lipinski definition) is 4. The smallest absolute Gasteiger partial charge is 0.294 e. The Hall–Kier alpha value is -2.87. The van der Waals surface area contributed by atoms with Gasteiger partial charge < -0.3 is 0 Å². The van der Waals surface area contributed by atoms with Gasteiger partial charge in [-0.3, -0.25) is 15.0 Å². The molecule has 1 saturated heterocycles. The number of nitrogens with zero attached hydrogens (tertiary/aromatic N) is 2. The lowest BCUT2D eigenvalue weighted by Gasteiger charge is -2.31. The fraction of sp³-hybridized carbons (Fsp3) is 0.333. The Morgan fingerprint density at radius 2 is 1.66 bits per heavy atom. The van der Waals surface area contributed by atoms with E-state index >= 15 is 0 Å². The Labute approximate surface area is 171 Å². The van der Waals surface area contributed by atoms with Crippen LogP contribution in [0.2, 0.25) is 0 Å². The van der Waals surface area contributed by atoms with E-state index in [2.05, 4.69) is 5.32 Å². The van der Waals surface area contributed by atoms with Gasteiger partial charge in [-0.1, -0.05) is 39.0 Å². The van der Waals surface area contributed by atoms with Gasteiger partial charge in [0.1, 0.15) is 0 Å². The molecule has 3 rings (SSSR count). The molecule has 0 aromatic heterocycles. The molecular weight excluding hydrogens is 390 g/mol. The molecule has 0 spiro atoms. The fourth-order valence-electron chi connectivity index (χ4n) is 3.21. The molecular formula is C21H25N3O4S. The number of rotatable bonds is 4. The minimum atomic E-state index is -3.64. The Balaban J connectivity index is 2.20. The number of urea groups is 1. The van der Waals surface area contributed by atoms with Crippen molar-refractivity contribution in [1.29, 1.82) is 0 Å². The molecule has 8 heteroatoms. The van der Waals surface area contributed by atoms with Gasteiger partial charge in [0.15, 0.2) is 0 Å². The molecule has 3 amide bonds. The summed E-state index contributed by atoms with van der Waals surface area (Å²) >= 11 is 0. The van der Waals surface area contributed by atoms with Gasteiger partial charge in [0.05, 0.1) is 17.6 Å². The molecule has 0 radical (unpaired) electrons. The summed E-state index contributed by atoms with van der Waals surface area (Å²) in [5, 5.41) is 2.31. The standard InChI is InChI=1S/C21H25N3O4S/c1-21(2,3)15-12-17(23-11-10-19(25)22-20(23)26)14-18(13-15)24(29(4,27)28)16-8-6-5-7-9-16/h5-9,12-14H,10-11H2,1-4H3,(H,22,25,26). The summed E-state index contributed by atoms with van der Waals surface area (Å²) in [6.45, 7) is 6.29.